The van der Waals surface area contributed by atoms with E-state index in [0.29, 0.717) is 5.56 Å². The van der Waals surface area contributed by atoms with Gasteiger partial charge in [-0.05, 0) is 119 Å². The molecule has 66 heavy (non-hydrogen) atoms. The summed E-state index contributed by atoms with van der Waals surface area (Å²) in [5.74, 6) is 0. The maximum atomic E-state index is 11.4. The zero-order valence-corrected chi connectivity index (χ0v) is 36.6. The van der Waals surface area contributed by atoms with Crippen LogP contribution in [0.1, 0.15) is 17.0 Å². The van der Waals surface area contributed by atoms with Gasteiger partial charge in [-0.1, -0.05) is 158 Å². The van der Waals surface area contributed by atoms with Gasteiger partial charge in [0.05, 0.1) is 39.0 Å². The lowest BCUT2D eigenvalue weighted by atomic mass is 9.97. The minimum atomic E-state index is 0.571. The van der Waals surface area contributed by atoms with Crippen LogP contribution < -0.4 is 0 Å². The van der Waals surface area contributed by atoms with E-state index in [1.165, 1.54) is 0 Å². The Labute approximate surface area is 383 Å². The highest BCUT2D eigenvalue weighted by Crippen LogP contribution is 2.46. The van der Waals surface area contributed by atoms with Crippen LogP contribution in [0.15, 0.2) is 218 Å². The molecular formula is C62H42N4. The fraction of sp³-hybridized carbons (Fsp3) is 0.0323. The van der Waals surface area contributed by atoms with Crippen molar-refractivity contribution in [3.8, 4) is 73.1 Å². The van der Waals surface area contributed by atoms with E-state index in [1.807, 2.05) is 13.0 Å². The Morgan fingerprint density at radius 1 is 0.348 bits per heavy atom. The Kier molecular flexibility index (Phi) is 9.29. The normalized spacial score (nSPS) is 11.5. The van der Waals surface area contributed by atoms with Crippen LogP contribution in [0.25, 0.3) is 111 Å². The van der Waals surface area contributed by atoms with Gasteiger partial charge in [0.15, 0.2) is 0 Å². The summed E-state index contributed by atoms with van der Waals surface area (Å²) in [6.07, 6.45) is 0. The molecule has 0 unspecified atom stereocenters. The highest BCUT2D eigenvalue weighted by Gasteiger charge is 2.27. The molecule has 0 aliphatic rings. The summed E-state index contributed by atoms with van der Waals surface area (Å²) in [7, 11) is 0. The molecule has 0 N–H and O–H groups in total. The molecule has 0 saturated carbocycles. The van der Waals surface area contributed by atoms with Gasteiger partial charge in [0.1, 0.15) is 6.07 Å². The van der Waals surface area contributed by atoms with Crippen LogP contribution in [-0.2, 0) is 0 Å². The van der Waals surface area contributed by atoms with Gasteiger partial charge in [-0.2, -0.15) is 5.26 Å². The van der Waals surface area contributed by atoms with Gasteiger partial charge >= 0.3 is 0 Å². The third-order valence-corrected chi connectivity index (χ3v) is 13.2. The molecule has 0 saturated heterocycles. The number of hydrogen-bond donors (Lipinski definition) is 0. The second-order valence-corrected chi connectivity index (χ2v) is 17.1. The van der Waals surface area contributed by atoms with Crippen molar-refractivity contribution in [2.45, 2.75) is 13.8 Å². The Hall–Kier alpha value is -8.78. The molecule has 4 heteroatoms. The minimum Gasteiger partial charge on any atom is -0.307 e. The number of fused-ring (bicyclic) bond motifs is 6. The number of rotatable bonds is 7. The van der Waals surface area contributed by atoms with Crippen LogP contribution >= 0.6 is 0 Å². The molecule has 3 heterocycles. The number of hydrogen-bond acceptors (Lipinski definition) is 2. The molecule has 0 atom stereocenters. The van der Waals surface area contributed by atoms with Crippen LogP contribution in [0.3, 0.4) is 0 Å². The van der Waals surface area contributed by atoms with Crippen LogP contribution in [0.4, 0.5) is 0 Å². The van der Waals surface area contributed by atoms with E-state index in [0.717, 1.165) is 122 Å². The van der Waals surface area contributed by atoms with Crippen molar-refractivity contribution in [3.05, 3.63) is 235 Å². The van der Waals surface area contributed by atoms with E-state index in [-0.39, 0.29) is 0 Å². The topological polar surface area (TPSA) is 46.5 Å². The SMILES string of the molecule is Cc1ccc(-c2ccc(C#N)c(-n3c4ccc(-c5ccccc5)cc4c4cc(-c5ccccc5)ccc43)c2-n2c3ccc(-c4ccccc4)cc3c3cc(-c4ccccc4)ccc32)c(C)n1. The lowest BCUT2D eigenvalue weighted by Gasteiger charge is -2.22. The Bertz CT molecular complexity index is 3680. The van der Waals surface area contributed by atoms with E-state index in [4.69, 9.17) is 4.98 Å². The van der Waals surface area contributed by atoms with Gasteiger partial charge in [0, 0.05) is 44.1 Å². The monoisotopic (exact) mass is 842 g/mol. The average molecular weight is 843 g/mol. The van der Waals surface area contributed by atoms with E-state index < -0.39 is 0 Å². The third-order valence-electron chi connectivity index (χ3n) is 13.2. The molecule has 310 valence electrons. The summed E-state index contributed by atoms with van der Waals surface area (Å²) in [6.45, 7) is 4.12. The summed E-state index contributed by atoms with van der Waals surface area (Å²) in [6, 6.07) is 80.6. The van der Waals surface area contributed by atoms with E-state index >= 15 is 0 Å². The quantitative estimate of drug-likeness (QED) is 0.160. The standard InChI is InChI=1S/C62H42N4/c1-40-23-29-51(41(2)64-40)52-30-24-50(39-63)61(65-57-31-25-46(42-15-7-3-8-16-42)35-53(57)54-36-47(26-32-58(54)65)43-17-9-4-10-18-43)62(52)66-59-33-27-48(44-19-11-5-12-20-44)37-55(59)56-38-49(28-34-60(56)66)45-21-13-6-14-22-45/h3-38H,1-2H3. The average Bonchev–Trinajstić information content (AvgIpc) is 3.88. The molecule has 0 aliphatic heterocycles. The maximum absolute atomic E-state index is 11.4. The first-order chi connectivity index (χ1) is 32.5. The smallest absolute Gasteiger partial charge is 0.101 e. The largest absolute Gasteiger partial charge is 0.307 e. The van der Waals surface area contributed by atoms with Crippen LogP contribution in [0.5, 0.6) is 0 Å². The number of aromatic nitrogens is 3. The van der Waals surface area contributed by atoms with E-state index in [1.54, 1.807) is 0 Å². The Morgan fingerprint density at radius 2 is 0.697 bits per heavy atom. The Balaban J connectivity index is 1.24. The number of benzene rings is 9. The number of nitrogens with zero attached hydrogens (tertiary/aromatic N) is 4. The van der Waals surface area contributed by atoms with E-state index in [9.17, 15) is 5.26 Å². The molecule has 0 spiro atoms. The van der Waals surface area contributed by atoms with Gasteiger partial charge in [0.2, 0.25) is 0 Å². The van der Waals surface area contributed by atoms with Crippen molar-refractivity contribution in [1.82, 2.24) is 14.1 Å². The van der Waals surface area contributed by atoms with Crippen LogP contribution in [-0.4, -0.2) is 14.1 Å². The molecule has 0 fully saturated rings. The zero-order valence-electron chi connectivity index (χ0n) is 36.6. The molecule has 0 radical (unpaired) electrons. The highest BCUT2D eigenvalue weighted by atomic mass is 15.1. The molecule has 0 amide bonds. The van der Waals surface area contributed by atoms with Crippen molar-refractivity contribution in [1.29, 1.82) is 5.26 Å². The van der Waals surface area contributed by atoms with Crippen LogP contribution in [0.2, 0.25) is 0 Å². The lowest BCUT2D eigenvalue weighted by Crippen LogP contribution is -2.09. The first-order valence-electron chi connectivity index (χ1n) is 22.4. The molecular weight excluding hydrogens is 801 g/mol. The zero-order chi connectivity index (χ0) is 44.3. The molecule has 12 aromatic rings. The first kappa shape index (κ1) is 38.9. The summed E-state index contributed by atoms with van der Waals surface area (Å²) in [5, 5.41) is 15.9. The van der Waals surface area contributed by atoms with Crippen molar-refractivity contribution < 1.29 is 0 Å². The molecule has 4 nitrogen and oxygen atoms in total. The molecule has 0 bridgehead atoms. The maximum Gasteiger partial charge on any atom is 0.101 e. The second kappa shape index (κ2) is 15.8. The molecule has 3 aromatic heterocycles. The van der Waals surface area contributed by atoms with Crippen molar-refractivity contribution in [3.63, 3.8) is 0 Å². The number of nitriles is 1. The first-order valence-corrected chi connectivity index (χ1v) is 22.4. The summed E-state index contributed by atoms with van der Waals surface area (Å²) >= 11 is 0. The van der Waals surface area contributed by atoms with Crippen LogP contribution in [0, 0.1) is 25.2 Å². The molecule has 0 aliphatic carbocycles. The predicted molar refractivity (Wildman–Crippen MR) is 274 cm³/mol. The molecule has 9 aromatic carbocycles. The van der Waals surface area contributed by atoms with Gasteiger partial charge in [-0.15, -0.1) is 0 Å². The highest BCUT2D eigenvalue weighted by molar-refractivity contribution is 6.15. The van der Waals surface area contributed by atoms with Gasteiger partial charge < -0.3 is 9.13 Å². The summed E-state index contributed by atoms with van der Waals surface area (Å²) in [5.41, 5.74) is 19.5. The van der Waals surface area contributed by atoms with Gasteiger partial charge in [0.25, 0.3) is 0 Å². The Morgan fingerprint density at radius 3 is 1.05 bits per heavy atom. The van der Waals surface area contributed by atoms with Gasteiger partial charge in [-0.25, -0.2) is 0 Å². The fourth-order valence-corrected chi connectivity index (χ4v) is 10.1. The fourth-order valence-electron chi connectivity index (χ4n) is 10.1. The van der Waals surface area contributed by atoms with Crippen molar-refractivity contribution in [2.75, 3.05) is 0 Å². The predicted octanol–water partition coefficient (Wildman–Crippen LogP) is 16.1. The number of aryl methyl sites for hydroxylation is 2. The number of pyridine rings is 1. The minimum absolute atomic E-state index is 0.571. The lowest BCUT2D eigenvalue weighted by molar-refractivity contribution is 1.08. The van der Waals surface area contributed by atoms with Gasteiger partial charge in [-0.3, -0.25) is 4.98 Å². The van der Waals surface area contributed by atoms with E-state index in [2.05, 4.69) is 234 Å². The molecule has 12 rings (SSSR count). The summed E-state index contributed by atoms with van der Waals surface area (Å²) in [4.78, 5) is 5.02. The van der Waals surface area contributed by atoms with Crippen molar-refractivity contribution in [2.24, 2.45) is 0 Å². The van der Waals surface area contributed by atoms with Crippen molar-refractivity contribution >= 4 is 43.6 Å². The second-order valence-electron chi connectivity index (χ2n) is 17.1. The third kappa shape index (κ3) is 6.40. The summed E-state index contributed by atoms with van der Waals surface area (Å²) < 4.78 is 4.75.